The van der Waals surface area contributed by atoms with Gasteiger partial charge in [-0.05, 0) is 4.47 Å². The minimum atomic E-state index is -0.266. The molecule has 11 heavy (non-hydrogen) atoms. The van der Waals surface area contributed by atoms with E-state index in [0.29, 0.717) is 5.56 Å². The monoisotopic (exact) mass is 330 g/mol. The van der Waals surface area contributed by atoms with Gasteiger partial charge in [-0.25, -0.2) is 0 Å². The van der Waals surface area contributed by atoms with Crippen molar-refractivity contribution in [3.63, 3.8) is 0 Å². The Hall–Kier alpha value is 0.603. The second-order valence-electron chi connectivity index (χ2n) is 1.74. The first kappa shape index (κ1) is 11.6. The van der Waals surface area contributed by atoms with E-state index in [0.717, 1.165) is 4.47 Å². The van der Waals surface area contributed by atoms with Gasteiger partial charge in [0, 0.05) is 5.82 Å². The maximum atomic E-state index is 12.4. The van der Waals surface area contributed by atoms with E-state index in [9.17, 15) is 4.39 Å². The van der Waals surface area contributed by atoms with Crippen LogP contribution in [0.5, 0.6) is 0 Å². The first-order valence-corrected chi connectivity index (χ1v) is 10.5. The van der Waals surface area contributed by atoms with Crippen LogP contribution in [-0.2, 0) is 16.3 Å². The van der Waals surface area contributed by atoms with Crippen LogP contribution >= 0.6 is 29.6 Å². The zero-order chi connectivity index (χ0) is 8.85. The molecule has 0 amide bonds. The average molecular weight is 333 g/mol. The molecule has 0 saturated heterocycles. The summed E-state index contributed by atoms with van der Waals surface area (Å²) in [5, 5.41) is 0. The van der Waals surface area contributed by atoms with Gasteiger partial charge in [-0.15, -0.1) is 6.07 Å². The standard InChI is InChI=1S/C7H5BrF.BrH.Zn/c1-5-4-6(8)2-3-7(5)9;;/h2-4H,1H2;1H;/q-1;;+2/p-1. The van der Waals surface area contributed by atoms with Gasteiger partial charge in [0.2, 0.25) is 0 Å². The summed E-state index contributed by atoms with van der Waals surface area (Å²) in [5.41, 5.74) is 0.421. The van der Waals surface area contributed by atoms with E-state index in [1.807, 2.05) is 0 Å². The van der Waals surface area contributed by atoms with Crippen molar-refractivity contribution in [2.24, 2.45) is 0 Å². The topological polar surface area (TPSA) is 0 Å². The zero-order valence-corrected chi connectivity index (χ0v) is 11.9. The predicted molar refractivity (Wildman–Crippen MR) is 47.5 cm³/mol. The average Bonchev–Trinajstić information content (AvgIpc) is 2.02. The molecule has 4 heteroatoms. The molecule has 0 aliphatic carbocycles. The predicted octanol–water partition coefficient (Wildman–Crippen LogP) is 3.61. The van der Waals surface area contributed by atoms with E-state index >= 15 is 0 Å². The summed E-state index contributed by atoms with van der Waals surface area (Å²) < 4.78 is 13.3. The van der Waals surface area contributed by atoms with Gasteiger partial charge in [-0.1, -0.05) is 28.1 Å². The van der Waals surface area contributed by atoms with Crippen LogP contribution < -0.4 is 0 Å². The van der Waals surface area contributed by atoms with Crippen molar-refractivity contribution < 1.29 is 20.7 Å². The quantitative estimate of drug-likeness (QED) is 0.503. The Morgan fingerprint density at radius 2 is 1.91 bits per heavy atom. The number of halogens is 3. The van der Waals surface area contributed by atoms with E-state index in [2.05, 4.69) is 36.5 Å². The fraction of sp³-hybridized carbons (Fsp3) is 0. The molecule has 1 aromatic rings. The molecule has 0 radical (unpaired) electrons. The molecular weight excluding hydrogens is 328 g/mol. The number of hydrogen-bond donors (Lipinski definition) is 0. The fourth-order valence-corrected chi connectivity index (χ4v) is 0.952. The third kappa shape index (κ3) is 4.24. The van der Waals surface area contributed by atoms with Crippen LogP contribution in [0.15, 0.2) is 22.7 Å². The first-order valence-electron chi connectivity index (χ1n) is 2.74. The van der Waals surface area contributed by atoms with Crippen LogP contribution in [0.1, 0.15) is 5.56 Å². The third-order valence-electron chi connectivity index (χ3n) is 1.01. The second-order valence-corrected chi connectivity index (χ2v) is 2.65. The first-order chi connectivity index (χ1) is 5.20. The Labute approximate surface area is 90.7 Å². The fourth-order valence-electron chi connectivity index (χ4n) is 0.543. The van der Waals surface area contributed by atoms with Crippen molar-refractivity contribution in [2.75, 3.05) is 0 Å². The van der Waals surface area contributed by atoms with Crippen LogP contribution in [0, 0.1) is 12.7 Å². The molecule has 0 atom stereocenters. The van der Waals surface area contributed by atoms with Crippen LogP contribution in [0.2, 0.25) is 0 Å². The summed E-state index contributed by atoms with van der Waals surface area (Å²) >= 11 is 7.44. The summed E-state index contributed by atoms with van der Waals surface area (Å²) in [6.45, 7) is 3.48. The molecule has 0 heterocycles. The van der Waals surface area contributed by atoms with Gasteiger partial charge in [0.25, 0.3) is 0 Å². The molecule has 56 valence electrons. The Morgan fingerprint density at radius 3 is 2.27 bits per heavy atom. The van der Waals surface area contributed by atoms with Crippen molar-refractivity contribution in [1.82, 2.24) is 0 Å². The van der Waals surface area contributed by atoms with Crippen molar-refractivity contribution >= 4 is 29.6 Å². The molecule has 0 bridgehead atoms. The number of rotatable bonds is 0. The van der Waals surface area contributed by atoms with E-state index in [1.54, 1.807) is 12.1 Å². The molecule has 0 saturated carbocycles. The molecule has 0 aromatic heterocycles. The maximum absolute atomic E-state index is 12.4. The molecule has 0 spiro atoms. The van der Waals surface area contributed by atoms with Gasteiger partial charge < -0.3 is 0 Å². The Kier molecular flexibility index (Phi) is 6.49. The van der Waals surface area contributed by atoms with E-state index < -0.39 is 0 Å². The van der Waals surface area contributed by atoms with Crippen molar-refractivity contribution in [1.29, 1.82) is 0 Å². The molecule has 0 unspecified atom stereocenters. The van der Waals surface area contributed by atoms with Gasteiger partial charge in [0.05, 0.1) is 0 Å². The Balaban J connectivity index is 0.000000461. The Bertz CT molecular complexity index is 228. The van der Waals surface area contributed by atoms with Crippen molar-refractivity contribution in [3.05, 3.63) is 41.0 Å². The molecular formula is C7H5Br2FZn. The van der Waals surface area contributed by atoms with E-state index in [1.165, 1.54) is 22.4 Å². The van der Waals surface area contributed by atoms with Gasteiger partial charge in [0.15, 0.2) is 0 Å². The van der Waals surface area contributed by atoms with E-state index in [4.69, 9.17) is 0 Å². The summed E-state index contributed by atoms with van der Waals surface area (Å²) in [4.78, 5) is 0. The van der Waals surface area contributed by atoms with Gasteiger partial charge in [0.1, 0.15) is 0 Å². The SMILES string of the molecule is [CH2-]c1cc(Br)ccc1F.[Zn+][Br]. The summed E-state index contributed by atoms with van der Waals surface area (Å²) in [5.74, 6) is -0.266. The summed E-state index contributed by atoms with van der Waals surface area (Å²) in [7, 11) is 0. The molecule has 0 N–H and O–H groups in total. The van der Waals surface area contributed by atoms with Gasteiger partial charge in [-0.2, -0.15) is 12.5 Å². The van der Waals surface area contributed by atoms with Gasteiger partial charge in [-0.3, -0.25) is 4.39 Å². The van der Waals surface area contributed by atoms with Crippen LogP contribution in [0.3, 0.4) is 0 Å². The van der Waals surface area contributed by atoms with Gasteiger partial charge >= 0.3 is 30.0 Å². The molecule has 0 fully saturated rings. The molecule has 0 nitrogen and oxygen atoms in total. The Morgan fingerprint density at radius 1 is 1.36 bits per heavy atom. The van der Waals surface area contributed by atoms with Crippen molar-refractivity contribution in [2.45, 2.75) is 0 Å². The summed E-state index contributed by atoms with van der Waals surface area (Å²) in [6, 6.07) is 4.66. The molecule has 0 aliphatic rings. The number of benzene rings is 1. The van der Waals surface area contributed by atoms with Crippen molar-refractivity contribution in [3.8, 4) is 0 Å². The third-order valence-corrected chi connectivity index (χ3v) is 1.50. The van der Waals surface area contributed by atoms with E-state index in [-0.39, 0.29) is 5.82 Å². The molecule has 0 aliphatic heterocycles. The molecule has 1 rings (SSSR count). The number of hydrogen-bond acceptors (Lipinski definition) is 0. The van der Waals surface area contributed by atoms with Crippen LogP contribution in [0.25, 0.3) is 0 Å². The normalized spacial score (nSPS) is 8.45. The minimum absolute atomic E-state index is 0.266. The summed E-state index contributed by atoms with van der Waals surface area (Å²) in [6.07, 6.45) is 0. The second kappa shape index (κ2) is 6.16. The van der Waals surface area contributed by atoms with Crippen LogP contribution in [0.4, 0.5) is 4.39 Å². The molecule has 1 aromatic carbocycles. The van der Waals surface area contributed by atoms with Crippen LogP contribution in [-0.4, -0.2) is 0 Å². The zero-order valence-electron chi connectivity index (χ0n) is 5.78.